The van der Waals surface area contributed by atoms with E-state index in [1.165, 1.54) is 12.3 Å². The molecule has 0 saturated heterocycles. The lowest BCUT2D eigenvalue weighted by Gasteiger charge is -2.11. The van der Waals surface area contributed by atoms with Crippen LogP contribution in [0.15, 0.2) is 41.3 Å². The van der Waals surface area contributed by atoms with Crippen molar-refractivity contribution in [2.24, 2.45) is 5.73 Å². The van der Waals surface area contributed by atoms with Crippen molar-refractivity contribution in [1.29, 1.82) is 0 Å². The lowest BCUT2D eigenvalue weighted by atomic mass is 10.1. The largest absolute Gasteiger partial charge is 0.322 e. The predicted octanol–water partition coefficient (Wildman–Crippen LogP) is 2.62. The van der Waals surface area contributed by atoms with E-state index in [0.29, 0.717) is 6.42 Å². The fourth-order valence-electron chi connectivity index (χ4n) is 1.59. The Balaban J connectivity index is 2.17. The van der Waals surface area contributed by atoms with Gasteiger partial charge in [0.05, 0.1) is 11.7 Å². The van der Waals surface area contributed by atoms with Gasteiger partial charge in [-0.1, -0.05) is 0 Å². The Labute approximate surface area is 107 Å². The third kappa shape index (κ3) is 3.08. The lowest BCUT2D eigenvalue weighted by Crippen LogP contribution is -2.16. The molecule has 0 spiro atoms. The maximum Gasteiger partial charge on any atom is 0.146 e. The van der Waals surface area contributed by atoms with Crippen molar-refractivity contribution in [3.8, 4) is 0 Å². The van der Waals surface area contributed by atoms with Crippen molar-refractivity contribution < 1.29 is 4.39 Å². The van der Waals surface area contributed by atoms with E-state index < -0.39 is 6.04 Å². The van der Waals surface area contributed by atoms with E-state index in [-0.39, 0.29) is 11.5 Å². The molecule has 17 heavy (non-hydrogen) atoms. The maximum absolute atomic E-state index is 13.5. The van der Waals surface area contributed by atoms with Crippen LogP contribution in [-0.2, 0) is 6.42 Å². The number of rotatable bonds is 3. The summed E-state index contributed by atoms with van der Waals surface area (Å²) in [6.45, 7) is 0. The third-order valence-corrected chi connectivity index (χ3v) is 2.79. The van der Waals surface area contributed by atoms with Crippen LogP contribution in [0.5, 0.6) is 0 Å². The van der Waals surface area contributed by atoms with Gasteiger partial charge in [-0.05, 0) is 46.1 Å². The summed E-state index contributed by atoms with van der Waals surface area (Å²) >= 11 is 3.33. The minimum Gasteiger partial charge on any atom is -0.322 e. The second-order valence-electron chi connectivity index (χ2n) is 3.69. The van der Waals surface area contributed by atoms with Gasteiger partial charge in [-0.25, -0.2) is 4.39 Å². The number of hydrogen-bond donors (Lipinski definition) is 1. The van der Waals surface area contributed by atoms with Gasteiger partial charge in [-0.3, -0.25) is 9.97 Å². The van der Waals surface area contributed by atoms with Gasteiger partial charge >= 0.3 is 0 Å². The highest BCUT2D eigenvalue weighted by Gasteiger charge is 2.13. The highest BCUT2D eigenvalue weighted by Crippen LogP contribution is 2.18. The summed E-state index contributed by atoms with van der Waals surface area (Å²) in [7, 11) is 0. The molecule has 2 rings (SSSR count). The molecule has 0 radical (unpaired) electrons. The number of halogens is 2. The summed E-state index contributed by atoms with van der Waals surface area (Å²) in [6, 6.07) is 4.36. The van der Waals surface area contributed by atoms with Crippen LogP contribution in [0.4, 0.5) is 4.39 Å². The standard InChI is InChI=1S/C12H11BrFN3/c13-9-4-8(6-16-7-9)5-11(15)12-10(14)2-1-3-17-12/h1-4,6-7,11H,5,15H2. The van der Waals surface area contributed by atoms with Crippen LogP contribution in [0.25, 0.3) is 0 Å². The van der Waals surface area contributed by atoms with Crippen molar-refractivity contribution in [2.45, 2.75) is 12.5 Å². The third-order valence-electron chi connectivity index (χ3n) is 2.36. The number of nitrogens with two attached hydrogens (primary N) is 1. The van der Waals surface area contributed by atoms with Gasteiger partial charge in [-0.2, -0.15) is 0 Å². The molecule has 2 N–H and O–H groups in total. The Morgan fingerprint density at radius 1 is 1.41 bits per heavy atom. The van der Waals surface area contributed by atoms with Gasteiger partial charge in [0.2, 0.25) is 0 Å². The predicted molar refractivity (Wildman–Crippen MR) is 66.8 cm³/mol. The fourth-order valence-corrected chi connectivity index (χ4v) is 2.00. The second kappa shape index (κ2) is 5.33. The summed E-state index contributed by atoms with van der Waals surface area (Å²) in [5, 5.41) is 0. The number of nitrogens with zero attached hydrogens (tertiary/aromatic N) is 2. The maximum atomic E-state index is 13.5. The average Bonchev–Trinajstić information content (AvgIpc) is 2.29. The van der Waals surface area contributed by atoms with Gasteiger partial charge < -0.3 is 5.73 Å². The first-order chi connectivity index (χ1) is 8.16. The number of aromatic nitrogens is 2. The summed E-state index contributed by atoms with van der Waals surface area (Å²) < 4.78 is 14.3. The monoisotopic (exact) mass is 295 g/mol. The Kier molecular flexibility index (Phi) is 3.81. The van der Waals surface area contributed by atoms with E-state index in [9.17, 15) is 4.39 Å². The normalized spacial score (nSPS) is 12.4. The molecule has 0 aliphatic rings. The van der Waals surface area contributed by atoms with Gasteiger partial charge in [0.15, 0.2) is 0 Å². The molecule has 0 saturated carbocycles. The van der Waals surface area contributed by atoms with Gasteiger partial charge in [0.25, 0.3) is 0 Å². The Morgan fingerprint density at radius 2 is 2.24 bits per heavy atom. The molecule has 1 atom stereocenters. The molecule has 0 fully saturated rings. The van der Waals surface area contributed by atoms with Crippen LogP contribution in [0.1, 0.15) is 17.3 Å². The zero-order chi connectivity index (χ0) is 12.3. The van der Waals surface area contributed by atoms with Crippen LogP contribution >= 0.6 is 15.9 Å². The van der Waals surface area contributed by atoms with Crippen molar-refractivity contribution in [2.75, 3.05) is 0 Å². The first-order valence-electron chi connectivity index (χ1n) is 5.12. The van der Waals surface area contributed by atoms with E-state index in [0.717, 1.165) is 10.0 Å². The minimum absolute atomic E-state index is 0.285. The van der Waals surface area contributed by atoms with Gasteiger partial charge in [0, 0.05) is 23.1 Å². The first-order valence-corrected chi connectivity index (χ1v) is 5.91. The Hall–Kier alpha value is -1.33. The molecule has 0 aliphatic carbocycles. The van der Waals surface area contributed by atoms with E-state index in [2.05, 4.69) is 25.9 Å². The zero-order valence-electron chi connectivity index (χ0n) is 8.98. The van der Waals surface area contributed by atoms with E-state index >= 15 is 0 Å². The van der Waals surface area contributed by atoms with Crippen LogP contribution in [0.2, 0.25) is 0 Å². The van der Waals surface area contributed by atoms with Crippen molar-refractivity contribution in [3.05, 3.63) is 58.3 Å². The van der Waals surface area contributed by atoms with Crippen molar-refractivity contribution >= 4 is 15.9 Å². The average molecular weight is 296 g/mol. The summed E-state index contributed by atoms with van der Waals surface area (Å²) in [5.41, 5.74) is 7.16. The summed E-state index contributed by atoms with van der Waals surface area (Å²) in [6.07, 6.45) is 5.44. The molecule has 88 valence electrons. The molecule has 0 aliphatic heterocycles. The van der Waals surface area contributed by atoms with Crippen LogP contribution in [0, 0.1) is 5.82 Å². The molecule has 0 bridgehead atoms. The quantitative estimate of drug-likeness (QED) is 0.947. The van der Waals surface area contributed by atoms with E-state index in [1.807, 2.05) is 6.07 Å². The molecule has 0 aromatic carbocycles. The van der Waals surface area contributed by atoms with Crippen LogP contribution in [0.3, 0.4) is 0 Å². The zero-order valence-corrected chi connectivity index (χ0v) is 10.6. The summed E-state index contributed by atoms with van der Waals surface area (Å²) in [5.74, 6) is -0.372. The molecule has 2 aromatic rings. The molecule has 0 amide bonds. The topological polar surface area (TPSA) is 51.8 Å². The molecule has 2 aromatic heterocycles. The lowest BCUT2D eigenvalue weighted by molar-refractivity contribution is 0.563. The Morgan fingerprint density at radius 3 is 2.94 bits per heavy atom. The first kappa shape index (κ1) is 12.1. The molecular weight excluding hydrogens is 285 g/mol. The molecular formula is C12H11BrFN3. The fraction of sp³-hybridized carbons (Fsp3) is 0.167. The van der Waals surface area contributed by atoms with Gasteiger partial charge in [-0.15, -0.1) is 0 Å². The molecule has 2 heterocycles. The molecule has 3 nitrogen and oxygen atoms in total. The highest BCUT2D eigenvalue weighted by molar-refractivity contribution is 9.10. The number of hydrogen-bond acceptors (Lipinski definition) is 3. The molecule has 5 heteroatoms. The Bertz CT molecular complexity index is 519. The highest BCUT2D eigenvalue weighted by atomic mass is 79.9. The smallest absolute Gasteiger partial charge is 0.146 e. The van der Waals surface area contributed by atoms with Crippen LogP contribution < -0.4 is 5.73 Å². The molecule has 1 unspecified atom stereocenters. The van der Waals surface area contributed by atoms with E-state index in [4.69, 9.17) is 5.73 Å². The minimum atomic E-state index is -0.465. The van der Waals surface area contributed by atoms with Crippen molar-refractivity contribution in [3.63, 3.8) is 0 Å². The second-order valence-corrected chi connectivity index (χ2v) is 4.61. The summed E-state index contributed by atoms with van der Waals surface area (Å²) in [4.78, 5) is 8.00. The van der Waals surface area contributed by atoms with Crippen molar-refractivity contribution in [1.82, 2.24) is 9.97 Å². The van der Waals surface area contributed by atoms with Crippen LogP contribution in [-0.4, -0.2) is 9.97 Å². The van der Waals surface area contributed by atoms with E-state index in [1.54, 1.807) is 18.5 Å². The van der Waals surface area contributed by atoms with Gasteiger partial charge in [0.1, 0.15) is 5.82 Å². The SMILES string of the molecule is NC(Cc1cncc(Br)c1)c1ncccc1F. The number of pyridine rings is 2.